The Bertz CT molecular complexity index is 343. The molecule has 88 valence electrons. The van der Waals surface area contributed by atoms with Gasteiger partial charge in [-0.3, -0.25) is 4.90 Å². The molecule has 0 saturated carbocycles. The van der Waals surface area contributed by atoms with Gasteiger partial charge in [0.1, 0.15) is 5.82 Å². The summed E-state index contributed by atoms with van der Waals surface area (Å²) in [4.78, 5) is 2.08. The third kappa shape index (κ3) is 3.30. The van der Waals surface area contributed by atoms with E-state index in [9.17, 15) is 4.39 Å². The second-order valence-corrected chi connectivity index (χ2v) is 3.68. The van der Waals surface area contributed by atoms with E-state index in [-0.39, 0.29) is 5.82 Å². The van der Waals surface area contributed by atoms with Gasteiger partial charge in [-0.25, -0.2) is 4.39 Å². The number of halogens is 1. The molecule has 0 heterocycles. The molecule has 1 aromatic rings. The van der Waals surface area contributed by atoms with Crippen LogP contribution in [0.1, 0.15) is 19.4 Å². The normalized spacial score (nSPS) is 10.9. The van der Waals surface area contributed by atoms with Crippen LogP contribution in [0.2, 0.25) is 0 Å². The van der Waals surface area contributed by atoms with Crippen molar-refractivity contribution in [3.8, 4) is 0 Å². The largest absolute Gasteiger partial charge is 0.488 e. The van der Waals surface area contributed by atoms with Crippen molar-refractivity contribution in [1.29, 1.82) is 0 Å². The van der Waals surface area contributed by atoms with Crippen molar-refractivity contribution >= 4 is 12.6 Å². The lowest BCUT2D eigenvalue weighted by Gasteiger charge is -2.20. The molecule has 3 nitrogen and oxygen atoms in total. The third-order valence-corrected chi connectivity index (χ3v) is 2.67. The molecule has 2 N–H and O–H groups in total. The Balaban J connectivity index is 2.95. The molecule has 0 aromatic heterocycles. The summed E-state index contributed by atoms with van der Waals surface area (Å²) >= 11 is 0. The van der Waals surface area contributed by atoms with E-state index in [0.29, 0.717) is 17.6 Å². The first kappa shape index (κ1) is 13.2. The molecule has 16 heavy (non-hydrogen) atoms. The molecule has 0 fully saturated rings. The number of hydrogen-bond acceptors (Lipinski definition) is 3. The van der Waals surface area contributed by atoms with Gasteiger partial charge in [0.15, 0.2) is 0 Å². The molecule has 0 atom stereocenters. The number of rotatable bonds is 5. The van der Waals surface area contributed by atoms with Gasteiger partial charge in [-0.15, -0.1) is 0 Å². The van der Waals surface area contributed by atoms with Crippen LogP contribution in [-0.2, 0) is 6.54 Å². The van der Waals surface area contributed by atoms with Gasteiger partial charge in [0.2, 0.25) is 0 Å². The molecule has 0 aliphatic heterocycles. The van der Waals surface area contributed by atoms with Gasteiger partial charge in [0, 0.05) is 6.54 Å². The fourth-order valence-electron chi connectivity index (χ4n) is 1.65. The average molecular weight is 225 g/mol. The number of benzene rings is 1. The summed E-state index contributed by atoms with van der Waals surface area (Å²) in [7, 11) is -1.55. The van der Waals surface area contributed by atoms with Gasteiger partial charge < -0.3 is 10.0 Å². The van der Waals surface area contributed by atoms with Crippen molar-refractivity contribution in [2.75, 3.05) is 13.1 Å². The van der Waals surface area contributed by atoms with E-state index in [2.05, 4.69) is 4.90 Å². The zero-order chi connectivity index (χ0) is 12.1. The summed E-state index contributed by atoms with van der Waals surface area (Å²) in [5.74, 6) is -0.355. The van der Waals surface area contributed by atoms with Gasteiger partial charge in [-0.1, -0.05) is 19.9 Å². The van der Waals surface area contributed by atoms with E-state index < -0.39 is 7.12 Å². The van der Waals surface area contributed by atoms with E-state index in [4.69, 9.17) is 10.0 Å². The molecule has 1 aromatic carbocycles. The monoisotopic (exact) mass is 225 g/mol. The highest BCUT2D eigenvalue weighted by Gasteiger charge is 2.17. The van der Waals surface area contributed by atoms with Crippen molar-refractivity contribution in [2.24, 2.45) is 0 Å². The Morgan fingerprint density at radius 1 is 1.25 bits per heavy atom. The summed E-state index contributed by atoms with van der Waals surface area (Å²) in [5.41, 5.74) is 0.993. The predicted molar refractivity (Wildman–Crippen MR) is 62.9 cm³/mol. The molecule has 0 spiro atoms. The molecule has 0 aliphatic rings. The number of nitrogens with zero attached hydrogens (tertiary/aromatic N) is 1. The van der Waals surface area contributed by atoms with Crippen molar-refractivity contribution in [2.45, 2.75) is 20.4 Å². The molecule has 0 unspecified atom stereocenters. The maximum Gasteiger partial charge on any atom is 0.488 e. The Labute approximate surface area is 95.7 Å². The number of hydrogen-bond donors (Lipinski definition) is 2. The van der Waals surface area contributed by atoms with Gasteiger partial charge in [0.25, 0.3) is 0 Å². The van der Waals surface area contributed by atoms with E-state index in [1.807, 2.05) is 13.8 Å². The third-order valence-electron chi connectivity index (χ3n) is 2.67. The molecule has 0 radical (unpaired) electrons. The second-order valence-electron chi connectivity index (χ2n) is 3.68. The molecular formula is C11H17BFNO2. The first-order valence-corrected chi connectivity index (χ1v) is 5.45. The van der Waals surface area contributed by atoms with E-state index in [1.54, 1.807) is 0 Å². The summed E-state index contributed by atoms with van der Waals surface area (Å²) < 4.78 is 13.1. The zero-order valence-electron chi connectivity index (χ0n) is 9.65. The summed E-state index contributed by atoms with van der Waals surface area (Å²) in [5, 5.41) is 18.3. The van der Waals surface area contributed by atoms with E-state index in [1.165, 1.54) is 18.2 Å². The quantitative estimate of drug-likeness (QED) is 0.710. The second kappa shape index (κ2) is 5.99. The fourth-order valence-corrected chi connectivity index (χ4v) is 1.65. The van der Waals surface area contributed by atoms with Crippen LogP contribution in [0.3, 0.4) is 0 Å². The Hall–Kier alpha value is -0.905. The summed E-state index contributed by atoms with van der Waals surface area (Å²) in [6, 6.07) is 4.01. The molecule has 5 heteroatoms. The van der Waals surface area contributed by atoms with Crippen molar-refractivity contribution in [3.05, 3.63) is 29.6 Å². The molecule has 0 bridgehead atoms. The predicted octanol–water partition coefficient (Wildman–Crippen LogP) is 0.347. The smallest absolute Gasteiger partial charge is 0.423 e. The lowest BCUT2D eigenvalue weighted by atomic mass is 9.77. The highest BCUT2D eigenvalue weighted by molar-refractivity contribution is 6.59. The standard InChI is InChI=1S/C11H17BFNO2/c1-3-14(4-2)8-9-7-10(13)5-6-11(9)12(15)16/h5-7,15-16H,3-4,8H2,1-2H3. The van der Waals surface area contributed by atoms with Crippen molar-refractivity contribution in [1.82, 2.24) is 4.90 Å². The van der Waals surface area contributed by atoms with Gasteiger partial charge in [0.05, 0.1) is 0 Å². The minimum atomic E-state index is -1.55. The molecular weight excluding hydrogens is 208 g/mol. The topological polar surface area (TPSA) is 43.7 Å². The highest BCUT2D eigenvalue weighted by atomic mass is 19.1. The zero-order valence-corrected chi connectivity index (χ0v) is 9.65. The van der Waals surface area contributed by atoms with E-state index >= 15 is 0 Å². The lowest BCUT2D eigenvalue weighted by Crippen LogP contribution is -2.36. The summed E-state index contributed by atoms with van der Waals surface area (Å²) in [6.07, 6.45) is 0. The molecule has 0 aliphatic carbocycles. The maximum atomic E-state index is 13.1. The van der Waals surface area contributed by atoms with Crippen LogP contribution in [0.5, 0.6) is 0 Å². The lowest BCUT2D eigenvalue weighted by molar-refractivity contribution is 0.295. The van der Waals surface area contributed by atoms with Gasteiger partial charge in [-0.2, -0.15) is 0 Å². The molecule has 0 amide bonds. The van der Waals surface area contributed by atoms with Crippen LogP contribution in [-0.4, -0.2) is 35.2 Å². The fraction of sp³-hybridized carbons (Fsp3) is 0.455. The van der Waals surface area contributed by atoms with Crippen LogP contribution in [0.4, 0.5) is 4.39 Å². The maximum absolute atomic E-state index is 13.1. The minimum Gasteiger partial charge on any atom is -0.423 e. The molecule has 0 saturated heterocycles. The van der Waals surface area contributed by atoms with Crippen LogP contribution >= 0.6 is 0 Å². The highest BCUT2D eigenvalue weighted by Crippen LogP contribution is 2.06. The summed E-state index contributed by atoms with van der Waals surface area (Å²) in [6.45, 7) is 6.23. The van der Waals surface area contributed by atoms with Gasteiger partial charge >= 0.3 is 7.12 Å². The average Bonchev–Trinajstić information content (AvgIpc) is 2.25. The first-order chi connectivity index (χ1) is 7.58. The van der Waals surface area contributed by atoms with Crippen LogP contribution < -0.4 is 5.46 Å². The first-order valence-electron chi connectivity index (χ1n) is 5.45. The molecule has 1 rings (SSSR count). The Kier molecular flexibility index (Phi) is 4.92. The SMILES string of the molecule is CCN(CC)Cc1cc(F)ccc1B(O)O. The minimum absolute atomic E-state index is 0.355. The van der Waals surface area contributed by atoms with Gasteiger partial charge in [-0.05, 0) is 36.2 Å². The Morgan fingerprint density at radius 3 is 2.38 bits per heavy atom. The van der Waals surface area contributed by atoms with Crippen LogP contribution in [0, 0.1) is 5.82 Å². The van der Waals surface area contributed by atoms with Crippen LogP contribution in [0.15, 0.2) is 18.2 Å². The van der Waals surface area contributed by atoms with Crippen molar-refractivity contribution in [3.63, 3.8) is 0 Å². The van der Waals surface area contributed by atoms with E-state index in [0.717, 1.165) is 13.1 Å². The van der Waals surface area contributed by atoms with Crippen molar-refractivity contribution < 1.29 is 14.4 Å². The van der Waals surface area contributed by atoms with Crippen LogP contribution in [0.25, 0.3) is 0 Å². The Morgan fingerprint density at radius 2 is 1.88 bits per heavy atom.